The molecule has 0 amide bonds. The zero-order valence-corrected chi connectivity index (χ0v) is 14.4. The summed E-state index contributed by atoms with van der Waals surface area (Å²) < 4.78 is 10.5. The highest BCUT2D eigenvalue weighted by Crippen LogP contribution is 2.42. The fraction of sp³-hybridized carbons (Fsp3) is 0.474. The van der Waals surface area contributed by atoms with Crippen molar-refractivity contribution in [1.82, 2.24) is 0 Å². The van der Waals surface area contributed by atoms with Gasteiger partial charge >= 0.3 is 5.97 Å². The van der Waals surface area contributed by atoms with Gasteiger partial charge in [0.15, 0.2) is 0 Å². The first-order valence-corrected chi connectivity index (χ1v) is 8.41. The first-order chi connectivity index (χ1) is 11.9. The van der Waals surface area contributed by atoms with E-state index in [2.05, 4.69) is 0 Å². The lowest BCUT2D eigenvalue weighted by Gasteiger charge is -2.17. The molecule has 1 aliphatic carbocycles. The standard InChI is InChI=1S/C19H22O6/c1-10-14-9-25-19(23)16(14)17(22)13(18(10)24-2)7-6-11-4-3-5-12(11)8-15(20)21/h6,12,22H,3-5,7-9H2,1-2H3,(H,20,21)/p-1/b11-6+. The molecule has 25 heavy (non-hydrogen) atoms. The number of rotatable bonds is 5. The fourth-order valence-electron chi connectivity index (χ4n) is 3.91. The Morgan fingerprint density at radius 2 is 2.24 bits per heavy atom. The van der Waals surface area contributed by atoms with Crippen molar-refractivity contribution in [3.63, 3.8) is 0 Å². The van der Waals surface area contributed by atoms with Gasteiger partial charge in [0.05, 0.1) is 7.11 Å². The summed E-state index contributed by atoms with van der Waals surface area (Å²) in [6.45, 7) is 1.98. The Hall–Kier alpha value is -2.50. The quantitative estimate of drug-likeness (QED) is 0.646. The van der Waals surface area contributed by atoms with Gasteiger partial charge in [-0.1, -0.05) is 11.6 Å². The maximum atomic E-state index is 11.9. The van der Waals surface area contributed by atoms with Crippen LogP contribution in [0, 0.1) is 12.8 Å². The molecule has 6 nitrogen and oxygen atoms in total. The van der Waals surface area contributed by atoms with Gasteiger partial charge in [0.2, 0.25) is 0 Å². The van der Waals surface area contributed by atoms with Gasteiger partial charge in [-0.2, -0.15) is 0 Å². The molecule has 0 radical (unpaired) electrons. The molecule has 0 saturated heterocycles. The minimum absolute atomic E-state index is 0.0152. The molecule has 1 aromatic rings. The van der Waals surface area contributed by atoms with E-state index in [-0.39, 0.29) is 30.3 Å². The van der Waals surface area contributed by atoms with Crippen LogP contribution in [-0.4, -0.2) is 24.2 Å². The van der Waals surface area contributed by atoms with Gasteiger partial charge in [-0.3, -0.25) is 0 Å². The lowest BCUT2D eigenvalue weighted by atomic mass is 9.93. The van der Waals surface area contributed by atoms with Crippen LogP contribution in [0.15, 0.2) is 11.6 Å². The molecular weight excluding hydrogens is 324 g/mol. The highest BCUT2D eigenvalue weighted by atomic mass is 16.5. The van der Waals surface area contributed by atoms with E-state index >= 15 is 0 Å². The molecule has 1 unspecified atom stereocenters. The topological polar surface area (TPSA) is 95.9 Å². The van der Waals surface area contributed by atoms with Crippen molar-refractivity contribution in [1.29, 1.82) is 0 Å². The van der Waals surface area contributed by atoms with Gasteiger partial charge < -0.3 is 24.5 Å². The number of allylic oxidation sites excluding steroid dienone is 2. The summed E-state index contributed by atoms with van der Waals surface area (Å²) in [6, 6.07) is 0. The fourth-order valence-corrected chi connectivity index (χ4v) is 3.91. The van der Waals surface area contributed by atoms with E-state index in [1.807, 2.05) is 13.0 Å². The SMILES string of the molecule is COc1c(C)c2c(c(O)c1C/C=C1\CCCC1CC(=O)[O-])C(=O)OC2. The monoisotopic (exact) mass is 345 g/mol. The number of carbonyl (C=O) groups is 2. The molecule has 134 valence electrons. The Kier molecular flexibility index (Phi) is 4.70. The second-order valence-electron chi connectivity index (χ2n) is 6.56. The van der Waals surface area contributed by atoms with Crippen molar-refractivity contribution >= 4 is 11.9 Å². The van der Waals surface area contributed by atoms with Gasteiger partial charge in [-0.15, -0.1) is 0 Å². The van der Waals surface area contributed by atoms with Gasteiger partial charge in [0.25, 0.3) is 0 Å². The number of esters is 1. The zero-order chi connectivity index (χ0) is 18.1. The second kappa shape index (κ2) is 6.78. The van der Waals surface area contributed by atoms with Crippen molar-refractivity contribution in [2.24, 2.45) is 5.92 Å². The molecule has 0 aromatic heterocycles. The largest absolute Gasteiger partial charge is 0.550 e. The number of hydrogen-bond donors (Lipinski definition) is 1. The maximum Gasteiger partial charge on any atom is 0.342 e. The van der Waals surface area contributed by atoms with Crippen molar-refractivity contribution < 1.29 is 29.3 Å². The first kappa shape index (κ1) is 17.3. The number of methoxy groups -OCH3 is 1. The van der Waals surface area contributed by atoms with Crippen molar-refractivity contribution in [3.05, 3.63) is 33.9 Å². The predicted octanol–water partition coefficient (Wildman–Crippen LogP) is 1.79. The van der Waals surface area contributed by atoms with Gasteiger partial charge in [-0.25, -0.2) is 4.79 Å². The van der Waals surface area contributed by atoms with E-state index in [0.717, 1.165) is 30.4 Å². The molecule has 1 fully saturated rings. The smallest absolute Gasteiger partial charge is 0.342 e. The molecule has 1 aliphatic heterocycles. The van der Waals surface area contributed by atoms with E-state index in [0.29, 0.717) is 23.3 Å². The maximum absolute atomic E-state index is 11.9. The number of aliphatic carboxylic acids is 1. The summed E-state index contributed by atoms with van der Waals surface area (Å²) >= 11 is 0. The van der Waals surface area contributed by atoms with Crippen LogP contribution in [-0.2, 0) is 22.6 Å². The minimum Gasteiger partial charge on any atom is -0.550 e. The molecule has 1 heterocycles. The molecule has 0 spiro atoms. The number of cyclic esters (lactones) is 1. The second-order valence-corrected chi connectivity index (χ2v) is 6.56. The minimum atomic E-state index is -1.05. The molecule has 1 saturated carbocycles. The first-order valence-electron chi connectivity index (χ1n) is 8.41. The van der Waals surface area contributed by atoms with Crippen LogP contribution in [0.5, 0.6) is 11.5 Å². The highest BCUT2D eigenvalue weighted by molar-refractivity contribution is 5.98. The molecule has 0 bridgehead atoms. The summed E-state index contributed by atoms with van der Waals surface area (Å²) in [6.07, 6.45) is 4.96. The number of phenolic OH excluding ortho intramolecular Hbond substituents is 1. The molecular formula is C19H21O6-. The molecule has 2 aliphatic rings. The van der Waals surface area contributed by atoms with Crippen LogP contribution >= 0.6 is 0 Å². The summed E-state index contributed by atoms with van der Waals surface area (Å²) in [4.78, 5) is 22.8. The highest BCUT2D eigenvalue weighted by Gasteiger charge is 2.32. The number of aromatic hydroxyl groups is 1. The summed E-state index contributed by atoms with van der Waals surface area (Å²) in [5.41, 5.74) is 3.25. The predicted molar refractivity (Wildman–Crippen MR) is 87.3 cm³/mol. The van der Waals surface area contributed by atoms with E-state index in [1.165, 1.54) is 7.11 Å². The molecule has 3 rings (SSSR count). The number of benzene rings is 1. The van der Waals surface area contributed by atoms with E-state index in [4.69, 9.17) is 9.47 Å². The van der Waals surface area contributed by atoms with Crippen molar-refractivity contribution in [2.75, 3.05) is 7.11 Å². The molecule has 1 atom stereocenters. The number of hydrogen-bond acceptors (Lipinski definition) is 6. The number of phenols is 1. The Bertz CT molecular complexity index is 762. The van der Waals surface area contributed by atoms with Crippen LogP contribution < -0.4 is 9.84 Å². The Balaban J connectivity index is 1.96. The lowest BCUT2D eigenvalue weighted by Crippen LogP contribution is -2.24. The summed E-state index contributed by atoms with van der Waals surface area (Å²) in [7, 11) is 1.52. The third kappa shape index (κ3) is 3.08. The van der Waals surface area contributed by atoms with Crippen LogP contribution in [0.4, 0.5) is 0 Å². The van der Waals surface area contributed by atoms with E-state index < -0.39 is 11.9 Å². The molecule has 6 heteroatoms. The van der Waals surface area contributed by atoms with Gasteiger partial charge in [0, 0.05) is 17.1 Å². The van der Waals surface area contributed by atoms with E-state index in [9.17, 15) is 19.8 Å². The van der Waals surface area contributed by atoms with Crippen LogP contribution in [0.3, 0.4) is 0 Å². The average molecular weight is 345 g/mol. The Morgan fingerprint density at radius 1 is 1.48 bits per heavy atom. The summed E-state index contributed by atoms with van der Waals surface area (Å²) in [5, 5.41) is 21.5. The summed E-state index contributed by atoms with van der Waals surface area (Å²) in [5.74, 6) is -1.15. The molecule has 1 N–H and O–H groups in total. The lowest BCUT2D eigenvalue weighted by molar-refractivity contribution is -0.306. The van der Waals surface area contributed by atoms with Crippen LogP contribution in [0.1, 0.15) is 52.7 Å². The Morgan fingerprint density at radius 3 is 2.92 bits per heavy atom. The normalized spacial score (nSPS) is 20.6. The molecule has 1 aromatic carbocycles. The van der Waals surface area contributed by atoms with Gasteiger partial charge in [0.1, 0.15) is 23.7 Å². The van der Waals surface area contributed by atoms with Crippen LogP contribution in [0.25, 0.3) is 0 Å². The number of carboxylic acid groups (broad SMARTS) is 1. The Labute approximate surface area is 146 Å². The third-order valence-electron chi connectivity index (χ3n) is 5.17. The van der Waals surface area contributed by atoms with Gasteiger partial charge in [-0.05, 0) is 50.5 Å². The zero-order valence-electron chi connectivity index (χ0n) is 14.4. The number of carboxylic acids is 1. The number of fused-ring (bicyclic) bond motifs is 1. The van der Waals surface area contributed by atoms with Crippen molar-refractivity contribution in [3.8, 4) is 11.5 Å². The third-order valence-corrected chi connectivity index (χ3v) is 5.17. The number of carbonyl (C=O) groups excluding carboxylic acids is 2. The average Bonchev–Trinajstić information content (AvgIpc) is 3.15. The number of ether oxygens (including phenoxy) is 2. The van der Waals surface area contributed by atoms with Crippen LogP contribution in [0.2, 0.25) is 0 Å². The van der Waals surface area contributed by atoms with E-state index in [1.54, 1.807) is 0 Å². The van der Waals surface area contributed by atoms with Crippen molar-refractivity contribution in [2.45, 2.75) is 45.6 Å².